The maximum atomic E-state index is 12.4. The van der Waals surface area contributed by atoms with Crippen molar-refractivity contribution >= 4 is 29.0 Å². The lowest BCUT2D eigenvalue weighted by Crippen LogP contribution is -2.44. The summed E-state index contributed by atoms with van der Waals surface area (Å²) in [4.78, 5) is 32.7. The van der Waals surface area contributed by atoms with Crippen molar-refractivity contribution in [1.29, 1.82) is 0 Å². The van der Waals surface area contributed by atoms with Crippen LogP contribution in [0.3, 0.4) is 0 Å². The van der Waals surface area contributed by atoms with Gasteiger partial charge < -0.3 is 31.1 Å². The van der Waals surface area contributed by atoms with Gasteiger partial charge in [-0.2, -0.15) is 9.97 Å². The molecule has 1 aliphatic heterocycles. The first-order valence-electron chi connectivity index (χ1n) is 15.4. The lowest BCUT2D eigenvalue weighted by molar-refractivity contribution is -0.113. The highest BCUT2D eigenvalue weighted by molar-refractivity contribution is 5.84. The molecule has 1 saturated heterocycles. The van der Waals surface area contributed by atoms with E-state index in [1.807, 2.05) is 6.33 Å². The van der Waals surface area contributed by atoms with Crippen LogP contribution in [0.15, 0.2) is 6.33 Å². The minimum absolute atomic E-state index is 0.224. The van der Waals surface area contributed by atoms with Gasteiger partial charge in [0.2, 0.25) is 5.95 Å². The van der Waals surface area contributed by atoms with Gasteiger partial charge in [0, 0.05) is 43.3 Å². The van der Waals surface area contributed by atoms with E-state index in [0.717, 1.165) is 68.3 Å². The summed E-state index contributed by atoms with van der Waals surface area (Å²) >= 11 is 0. The van der Waals surface area contributed by atoms with Crippen LogP contribution in [0.1, 0.15) is 102 Å². The van der Waals surface area contributed by atoms with Gasteiger partial charge in [0.1, 0.15) is 0 Å². The zero-order valence-corrected chi connectivity index (χ0v) is 23.1. The first-order chi connectivity index (χ1) is 19.1. The van der Waals surface area contributed by atoms with Gasteiger partial charge in [-0.05, 0) is 64.2 Å². The maximum absolute atomic E-state index is 12.4. The van der Waals surface area contributed by atoms with E-state index in [-0.39, 0.29) is 18.2 Å². The lowest BCUT2D eigenvalue weighted by atomic mass is 9.92. The van der Waals surface area contributed by atoms with Gasteiger partial charge in [-0.15, -0.1) is 5.06 Å². The van der Waals surface area contributed by atoms with E-state index < -0.39 is 0 Å². The van der Waals surface area contributed by atoms with E-state index in [2.05, 4.69) is 20.5 Å². The average Bonchev–Trinajstić information content (AvgIpc) is 3.62. The van der Waals surface area contributed by atoms with Gasteiger partial charge >= 0.3 is 6.09 Å². The van der Waals surface area contributed by atoms with Crippen molar-refractivity contribution in [2.45, 2.75) is 127 Å². The number of hydrogen-bond acceptors (Lipinski definition) is 9. The molecule has 2 aromatic rings. The fourth-order valence-electron chi connectivity index (χ4n) is 6.82. The van der Waals surface area contributed by atoms with Crippen LogP contribution >= 0.6 is 0 Å². The Hall–Kier alpha value is -2.66. The molecule has 0 atom stereocenters. The number of anilines is 2. The fourth-order valence-corrected chi connectivity index (χ4v) is 6.82. The standard InChI is InChI=1S/C28H45N9O2/c29-19-10-12-21(13-11-19)32-27-34-25(24-26(35-27)37(18-30-24)23-8-4-5-9-23)31-22-14-16-36(17-15-22)39-28(38)33-20-6-2-1-3-7-20/h18-23H,1-17,29H2,(H,33,38)(H2,31,32,34,35)/t19-,21-. The third-order valence-electron chi connectivity index (χ3n) is 9.18. The minimum atomic E-state index is -0.317. The Kier molecular flexibility index (Phi) is 8.34. The number of nitrogens with zero attached hydrogens (tertiary/aromatic N) is 5. The first kappa shape index (κ1) is 26.6. The average molecular weight is 540 g/mol. The molecule has 1 amide bonds. The van der Waals surface area contributed by atoms with Crippen molar-refractivity contribution < 1.29 is 9.63 Å². The number of aromatic nitrogens is 4. The number of rotatable bonds is 7. The molecule has 0 spiro atoms. The molecular weight excluding hydrogens is 494 g/mol. The Balaban J connectivity index is 1.11. The number of nitrogens with two attached hydrogens (primary N) is 1. The van der Waals surface area contributed by atoms with E-state index in [1.165, 1.54) is 44.9 Å². The largest absolute Gasteiger partial charge is 0.426 e. The van der Waals surface area contributed by atoms with E-state index in [9.17, 15) is 4.79 Å². The molecule has 5 N–H and O–H groups in total. The zero-order valence-electron chi connectivity index (χ0n) is 23.1. The van der Waals surface area contributed by atoms with Crippen molar-refractivity contribution in [2.24, 2.45) is 5.73 Å². The zero-order chi connectivity index (χ0) is 26.6. The van der Waals surface area contributed by atoms with Crippen LogP contribution < -0.4 is 21.7 Å². The number of amides is 1. The Labute approximate surface area is 231 Å². The summed E-state index contributed by atoms with van der Waals surface area (Å²) < 4.78 is 2.26. The highest BCUT2D eigenvalue weighted by atomic mass is 16.7. The molecule has 39 heavy (non-hydrogen) atoms. The normalized spacial score (nSPS) is 26.1. The Morgan fingerprint density at radius 2 is 1.51 bits per heavy atom. The molecule has 3 heterocycles. The van der Waals surface area contributed by atoms with Crippen LogP contribution in [0.2, 0.25) is 0 Å². The van der Waals surface area contributed by atoms with Crippen LogP contribution in [0.25, 0.3) is 11.2 Å². The van der Waals surface area contributed by atoms with E-state index >= 15 is 0 Å². The second-order valence-corrected chi connectivity index (χ2v) is 12.1. The summed E-state index contributed by atoms with van der Waals surface area (Å²) in [5, 5.41) is 12.1. The number of piperidine rings is 1. The third-order valence-corrected chi connectivity index (χ3v) is 9.18. The third kappa shape index (κ3) is 6.57. The number of nitrogens with one attached hydrogen (secondary N) is 3. The van der Waals surface area contributed by atoms with Crippen molar-refractivity contribution in [3.05, 3.63) is 6.33 Å². The van der Waals surface area contributed by atoms with Gasteiger partial charge in [0.25, 0.3) is 0 Å². The molecular formula is C28H45N9O2. The summed E-state index contributed by atoms with van der Waals surface area (Å²) in [6.07, 6.45) is 18.1. The van der Waals surface area contributed by atoms with Gasteiger partial charge in [0.05, 0.1) is 6.33 Å². The predicted molar refractivity (Wildman–Crippen MR) is 151 cm³/mol. The van der Waals surface area contributed by atoms with Crippen LogP contribution in [-0.2, 0) is 4.84 Å². The first-order valence-corrected chi connectivity index (χ1v) is 15.4. The molecule has 214 valence electrons. The SMILES string of the molecule is N[C@H]1CC[C@H](Nc2nc(NC3CCN(OC(=O)NC4CCCCC4)CC3)c3ncn(C4CCCC4)c3n2)CC1. The number of fused-ring (bicyclic) bond motifs is 1. The monoisotopic (exact) mass is 539 g/mol. The molecule has 0 aromatic carbocycles. The number of imidazole rings is 1. The Morgan fingerprint density at radius 1 is 0.821 bits per heavy atom. The second-order valence-electron chi connectivity index (χ2n) is 12.1. The summed E-state index contributed by atoms with van der Waals surface area (Å²) in [5.74, 6) is 1.46. The highest BCUT2D eigenvalue weighted by Crippen LogP contribution is 2.34. The molecule has 4 fully saturated rings. The maximum Gasteiger partial charge on any atom is 0.426 e. The number of hydroxylamine groups is 2. The van der Waals surface area contributed by atoms with Crippen LogP contribution in [0, 0.1) is 0 Å². The van der Waals surface area contributed by atoms with Gasteiger partial charge in [-0.1, -0.05) is 32.1 Å². The molecule has 3 aliphatic carbocycles. The van der Waals surface area contributed by atoms with Crippen LogP contribution in [-0.4, -0.2) is 67.9 Å². The molecule has 3 saturated carbocycles. The van der Waals surface area contributed by atoms with Gasteiger partial charge in [-0.25, -0.2) is 9.78 Å². The fraction of sp³-hybridized carbons (Fsp3) is 0.786. The van der Waals surface area contributed by atoms with Crippen molar-refractivity contribution in [1.82, 2.24) is 29.9 Å². The smallest absolute Gasteiger partial charge is 0.365 e. The Bertz CT molecular complexity index is 1100. The molecule has 4 aliphatic rings. The Morgan fingerprint density at radius 3 is 2.26 bits per heavy atom. The quantitative estimate of drug-likeness (QED) is 0.402. The van der Waals surface area contributed by atoms with Crippen molar-refractivity contribution in [3.63, 3.8) is 0 Å². The highest BCUT2D eigenvalue weighted by Gasteiger charge is 2.27. The van der Waals surface area contributed by atoms with Crippen molar-refractivity contribution in [3.8, 4) is 0 Å². The minimum Gasteiger partial charge on any atom is -0.365 e. The van der Waals surface area contributed by atoms with E-state index in [0.29, 0.717) is 37.2 Å². The molecule has 11 heteroatoms. The van der Waals surface area contributed by atoms with Crippen LogP contribution in [0.4, 0.5) is 16.6 Å². The lowest BCUT2D eigenvalue weighted by Gasteiger charge is -2.32. The molecule has 2 aromatic heterocycles. The van der Waals surface area contributed by atoms with Gasteiger partial charge in [0.15, 0.2) is 17.0 Å². The molecule has 11 nitrogen and oxygen atoms in total. The van der Waals surface area contributed by atoms with E-state index in [1.54, 1.807) is 5.06 Å². The van der Waals surface area contributed by atoms with Gasteiger partial charge in [-0.3, -0.25) is 0 Å². The summed E-state index contributed by atoms with van der Waals surface area (Å²) in [5.41, 5.74) is 7.88. The molecule has 0 unspecified atom stereocenters. The number of carbonyl (C=O) groups is 1. The number of hydrogen-bond donors (Lipinski definition) is 4. The summed E-state index contributed by atoms with van der Waals surface area (Å²) in [6, 6.07) is 1.58. The molecule has 0 bridgehead atoms. The molecule has 0 radical (unpaired) electrons. The predicted octanol–water partition coefficient (Wildman–Crippen LogP) is 4.47. The molecule has 6 rings (SSSR count). The van der Waals surface area contributed by atoms with E-state index in [4.69, 9.17) is 25.5 Å². The van der Waals surface area contributed by atoms with Crippen LogP contribution in [0.5, 0.6) is 0 Å². The topological polar surface area (TPSA) is 135 Å². The van der Waals surface area contributed by atoms with Crippen molar-refractivity contribution in [2.75, 3.05) is 23.7 Å². The second kappa shape index (κ2) is 12.2. The summed E-state index contributed by atoms with van der Waals surface area (Å²) in [6.45, 7) is 1.38. The number of carbonyl (C=O) groups excluding carboxylic acids is 1. The summed E-state index contributed by atoms with van der Waals surface area (Å²) in [7, 11) is 0.